The van der Waals surface area contributed by atoms with Crippen LogP contribution < -0.4 is 5.32 Å². The Morgan fingerprint density at radius 1 is 1.13 bits per heavy atom. The van der Waals surface area contributed by atoms with E-state index >= 15 is 0 Å². The smallest absolute Gasteiger partial charge is 0.372 e. The second-order valence-corrected chi connectivity index (χ2v) is 2.86. The van der Waals surface area contributed by atoms with Gasteiger partial charge in [0.15, 0.2) is 0 Å². The van der Waals surface area contributed by atoms with Gasteiger partial charge in [-0.15, -0.1) is 0 Å². The number of aliphatic carboxylic acids is 2. The first kappa shape index (κ1) is 13.1. The molecule has 0 aliphatic heterocycles. The number of ketones is 1. The highest BCUT2D eigenvalue weighted by Crippen LogP contribution is 1.93. The molecule has 7 nitrogen and oxygen atoms in total. The molecule has 0 aliphatic carbocycles. The molecule has 1 atom stereocenters. The molecule has 0 aromatic rings. The zero-order valence-corrected chi connectivity index (χ0v) is 8.02. The summed E-state index contributed by atoms with van der Waals surface area (Å²) in [4.78, 5) is 41.9. The first-order valence-corrected chi connectivity index (χ1v) is 4.13. The van der Waals surface area contributed by atoms with Crippen LogP contribution in [-0.2, 0) is 19.2 Å². The van der Waals surface area contributed by atoms with Crippen LogP contribution in [0.25, 0.3) is 0 Å². The summed E-state index contributed by atoms with van der Waals surface area (Å²) in [7, 11) is 0. The molecular weight excluding hydrogens is 206 g/mol. The summed E-state index contributed by atoms with van der Waals surface area (Å²) in [5, 5.41) is 18.7. The summed E-state index contributed by atoms with van der Waals surface area (Å²) >= 11 is 0. The maximum atomic E-state index is 11.0. The standard InChI is InChI=1S/C8H11NO6/c1-4(7(12)13)9-6(11)3-2-5(10)8(14)15/h4H,2-3H2,1H3,(H,9,11)(H,12,13)(H,14,15). The van der Waals surface area contributed by atoms with Gasteiger partial charge in [-0.05, 0) is 6.92 Å². The van der Waals surface area contributed by atoms with Crippen LogP contribution >= 0.6 is 0 Å². The molecule has 0 aromatic heterocycles. The van der Waals surface area contributed by atoms with E-state index < -0.39 is 36.1 Å². The van der Waals surface area contributed by atoms with E-state index in [0.29, 0.717) is 0 Å². The fraction of sp³-hybridized carbons (Fsp3) is 0.500. The fourth-order valence-corrected chi connectivity index (χ4v) is 0.709. The molecule has 15 heavy (non-hydrogen) atoms. The van der Waals surface area contributed by atoms with Crippen molar-refractivity contribution in [2.75, 3.05) is 0 Å². The predicted octanol–water partition coefficient (Wildman–Crippen LogP) is -0.990. The third kappa shape index (κ3) is 5.40. The van der Waals surface area contributed by atoms with Crippen molar-refractivity contribution >= 4 is 23.6 Å². The van der Waals surface area contributed by atoms with Crippen molar-refractivity contribution in [3.8, 4) is 0 Å². The number of hydrogen-bond donors (Lipinski definition) is 3. The summed E-state index contributed by atoms with van der Waals surface area (Å²) in [5.74, 6) is -4.55. The number of rotatable bonds is 6. The van der Waals surface area contributed by atoms with Crippen LogP contribution in [-0.4, -0.2) is 39.9 Å². The molecule has 3 N–H and O–H groups in total. The molecule has 0 saturated heterocycles. The Balaban J connectivity index is 3.91. The third-order valence-electron chi connectivity index (χ3n) is 1.57. The van der Waals surface area contributed by atoms with E-state index in [2.05, 4.69) is 5.32 Å². The van der Waals surface area contributed by atoms with E-state index in [1.807, 2.05) is 0 Å². The van der Waals surface area contributed by atoms with Gasteiger partial charge in [0.1, 0.15) is 6.04 Å². The Labute approximate surface area is 85.1 Å². The summed E-state index contributed by atoms with van der Waals surface area (Å²) in [6, 6.07) is -1.06. The molecule has 0 radical (unpaired) electrons. The summed E-state index contributed by atoms with van der Waals surface area (Å²) in [5.41, 5.74) is 0. The van der Waals surface area contributed by atoms with Gasteiger partial charge in [0.25, 0.3) is 0 Å². The summed E-state index contributed by atoms with van der Waals surface area (Å²) in [6.07, 6.45) is -0.768. The fourth-order valence-electron chi connectivity index (χ4n) is 0.709. The molecule has 1 unspecified atom stereocenters. The Hall–Kier alpha value is -1.92. The van der Waals surface area contributed by atoms with Gasteiger partial charge in [-0.3, -0.25) is 14.4 Å². The third-order valence-corrected chi connectivity index (χ3v) is 1.57. The Morgan fingerprint density at radius 3 is 2.07 bits per heavy atom. The molecule has 0 bridgehead atoms. The number of carbonyl (C=O) groups excluding carboxylic acids is 2. The van der Waals surface area contributed by atoms with E-state index in [0.717, 1.165) is 0 Å². The molecule has 0 spiro atoms. The van der Waals surface area contributed by atoms with Crippen LogP contribution in [0.5, 0.6) is 0 Å². The number of amides is 1. The predicted molar refractivity (Wildman–Crippen MR) is 47.1 cm³/mol. The topological polar surface area (TPSA) is 121 Å². The second kappa shape index (κ2) is 5.74. The molecular formula is C8H11NO6. The molecule has 0 rings (SSSR count). The largest absolute Gasteiger partial charge is 0.480 e. The molecule has 7 heteroatoms. The Bertz CT molecular complexity index is 298. The molecule has 0 aliphatic rings. The number of carboxylic acid groups (broad SMARTS) is 2. The van der Waals surface area contributed by atoms with Crippen molar-refractivity contribution in [2.45, 2.75) is 25.8 Å². The normalized spacial score (nSPS) is 11.5. The first-order chi connectivity index (χ1) is 6.84. The molecule has 1 amide bonds. The van der Waals surface area contributed by atoms with Crippen molar-refractivity contribution in [3.05, 3.63) is 0 Å². The highest BCUT2D eigenvalue weighted by molar-refractivity contribution is 6.32. The number of hydrogen-bond acceptors (Lipinski definition) is 4. The quantitative estimate of drug-likeness (QED) is 0.491. The monoisotopic (exact) mass is 217 g/mol. The van der Waals surface area contributed by atoms with Crippen molar-refractivity contribution in [2.24, 2.45) is 0 Å². The van der Waals surface area contributed by atoms with E-state index in [1.54, 1.807) is 0 Å². The Morgan fingerprint density at radius 2 is 1.67 bits per heavy atom. The number of Topliss-reactive ketones (excluding diaryl/α,β-unsaturated/α-hetero) is 1. The number of nitrogens with one attached hydrogen (secondary N) is 1. The second-order valence-electron chi connectivity index (χ2n) is 2.86. The van der Waals surface area contributed by atoms with Gasteiger partial charge < -0.3 is 15.5 Å². The van der Waals surface area contributed by atoms with Crippen LogP contribution in [0, 0.1) is 0 Å². The van der Waals surface area contributed by atoms with Crippen LogP contribution in [0.4, 0.5) is 0 Å². The maximum absolute atomic E-state index is 11.0. The van der Waals surface area contributed by atoms with Crippen LogP contribution in [0.15, 0.2) is 0 Å². The highest BCUT2D eigenvalue weighted by Gasteiger charge is 2.17. The van der Waals surface area contributed by atoms with E-state index in [4.69, 9.17) is 10.2 Å². The summed E-state index contributed by atoms with van der Waals surface area (Å²) < 4.78 is 0. The number of carbonyl (C=O) groups is 4. The molecule has 0 saturated carbocycles. The molecule has 0 aromatic carbocycles. The van der Waals surface area contributed by atoms with Crippen molar-refractivity contribution in [1.82, 2.24) is 5.32 Å². The lowest BCUT2D eigenvalue weighted by molar-refractivity contribution is -0.149. The SMILES string of the molecule is CC(NC(=O)CCC(=O)C(=O)O)C(=O)O. The summed E-state index contributed by atoms with van der Waals surface area (Å²) in [6.45, 7) is 1.26. The van der Waals surface area contributed by atoms with Gasteiger partial charge in [-0.2, -0.15) is 0 Å². The van der Waals surface area contributed by atoms with E-state index in [9.17, 15) is 19.2 Å². The van der Waals surface area contributed by atoms with Gasteiger partial charge >= 0.3 is 11.9 Å². The average molecular weight is 217 g/mol. The lowest BCUT2D eigenvalue weighted by atomic mass is 10.2. The minimum Gasteiger partial charge on any atom is -0.480 e. The van der Waals surface area contributed by atoms with Crippen LogP contribution in [0.1, 0.15) is 19.8 Å². The first-order valence-electron chi connectivity index (χ1n) is 4.13. The molecule has 0 fully saturated rings. The zero-order valence-electron chi connectivity index (χ0n) is 8.02. The van der Waals surface area contributed by atoms with Crippen LogP contribution in [0.3, 0.4) is 0 Å². The van der Waals surface area contributed by atoms with Gasteiger partial charge in [-0.25, -0.2) is 4.79 Å². The van der Waals surface area contributed by atoms with Crippen molar-refractivity contribution in [3.63, 3.8) is 0 Å². The maximum Gasteiger partial charge on any atom is 0.372 e. The van der Waals surface area contributed by atoms with E-state index in [-0.39, 0.29) is 6.42 Å². The number of carboxylic acids is 2. The Kier molecular flexibility index (Phi) is 5.00. The minimum atomic E-state index is -1.60. The lowest BCUT2D eigenvalue weighted by Gasteiger charge is -2.07. The molecule has 0 heterocycles. The minimum absolute atomic E-state index is 0.331. The van der Waals surface area contributed by atoms with Crippen molar-refractivity contribution in [1.29, 1.82) is 0 Å². The van der Waals surface area contributed by atoms with E-state index in [1.165, 1.54) is 6.92 Å². The average Bonchev–Trinajstić information content (AvgIpc) is 2.13. The highest BCUT2D eigenvalue weighted by atomic mass is 16.4. The molecule has 84 valence electrons. The van der Waals surface area contributed by atoms with Gasteiger partial charge in [0, 0.05) is 12.8 Å². The van der Waals surface area contributed by atoms with Crippen LogP contribution in [0.2, 0.25) is 0 Å². The van der Waals surface area contributed by atoms with Gasteiger partial charge in [-0.1, -0.05) is 0 Å². The van der Waals surface area contributed by atoms with Gasteiger partial charge in [0.2, 0.25) is 11.7 Å². The zero-order chi connectivity index (χ0) is 12.0. The van der Waals surface area contributed by atoms with Gasteiger partial charge in [0.05, 0.1) is 0 Å². The van der Waals surface area contributed by atoms with Crippen molar-refractivity contribution < 1.29 is 29.4 Å². The lowest BCUT2D eigenvalue weighted by Crippen LogP contribution is -2.38.